The van der Waals surface area contributed by atoms with Crippen LogP contribution in [0, 0.1) is 20.8 Å². The average molecular weight is 217 g/mol. The molecule has 0 heterocycles. The molecule has 1 saturated carbocycles. The monoisotopic (exact) mass is 217 g/mol. The highest BCUT2D eigenvalue weighted by Gasteiger charge is 2.21. The molecular weight excluding hydrogens is 194 g/mol. The average Bonchev–Trinajstić information content (AvgIpc) is 2.96. The summed E-state index contributed by atoms with van der Waals surface area (Å²) in [7, 11) is 0. The van der Waals surface area contributed by atoms with E-state index in [0.29, 0.717) is 5.92 Å². The molecule has 0 aromatic heterocycles. The molecule has 1 aliphatic carbocycles. The minimum absolute atomic E-state index is 0.626. The SMILES string of the molecule is Cc1cc(C)c(C(C)CNC2CC2)c(C)c1. The molecule has 1 aliphatic rings. The van der Waals surface area contributed by atoms with Gasteiger partial charge in [0.15, 0.2) is 0 Å². The molecule has 1 N–H and O–H groups in total. The first-order valence-corrected chi connectivity index (χ1v) is 6.39. The third-order valence-corrected chi connectivity index (χ3v) is 3.52. The van der Waals surface area contributed by atoms with E-state index in [4.69, 9.17) is 0 Å². The van der Waals surface area contributed by atoms with E-state index in [1.807, 2.05) is 0 Å². The molecule has 16 heavy (non-hydrogen) atoms. The van der Waals surface area contributed by atoms with Crippen LogP contribution in [0.2, 0.25) is 0 Å². The van der Waals surface area contributed by atoms with Gasteiger partial charge >= 0.3 is 0 Å². The van der Waals surface area contributed by atoms with Crippen molar-refractivity contribution in [2.45, 2.75) is 52.5 Å². The molecule has 0 saturated heterocycles. The van der Waals surface area contributed by atoms with Crippen LogP contribution in [0.1, 0.15) is 47.9 Å². The second-order valence-corrected chi connectivity index (χ2v) is 5.40. The topological polar surface area (TPSA) is 12.0 Å². The molecule has 88 valence electrons. The standard InChI is InChI=1S/C15H23N/c1-10-7-11(2)15(12(3)8-10)13(4)9-16-14-5-6-14/h7-8,13-14,16H,5-6,9H2,1-4H3. The fourth-order valence-electron chi connectivity index (χ4n) is 2.70. The van der Waals surface area contributed by atoms with Gasteiger partial charge in [-0.15, -0.1) is 0 Å². The molecular formula is C15H23N. The van der Waals surface area contributed by atoms with Gasteiger partial charge in [0.1, 0.15) is 0 Å². The van der Waals surface area contributed by atoms with Crippen LogP contribution in [0.5, 0.6) is 0 Å². The van der Waals surface area contributed by atoms with Gasteiger partial charge in [0, 0.05) is 12.6 Å². The molecule has 1 atom stereocenters. The van der Waals surface area contributed by atoms with Gasteiger partial charge in [-0.25, -0.2) is 0 Å². The lowest BCUT2D eigenvalue weighted by Crippen LogP contribution is -2.23. The summed E-state index contributed by atoms with van der Waals surface area (Å²) in [6, 6.07) is 5.42. The molecule has 1 aromatic carbocycles. The fraction of sp³-hybridized carbons (Fsp3) is 0.600. The Kier molecular flexibility index (Phi) is 3.34. The summed E-state index contributed by atoms with van der Waals surface area (Å²) in [6.45, 7) is 10.1. The Morgan fingerprint density at radius 3 is 2.25 bits per heavy atom. The second-order valence-electron chi connectivity index (χ2n) is 5.40. The summed E-state index contributed by atoms with van der Waals surface area (Å²) < 4.78 is 0. The first-order chi connectivity index (χ1) is 7.58. The van der Waals surface area contributed by atoms with Crippen molar-refractivity contribution < 1.29 is 0 Å². The zero-order valence-electron chi connectivity index (χ0n) is 10.9. The highest BCUT2D eigenvalue weighted by Crippen LogP contribution is 2.26. The van der Waals surface area contributed by atoms with Crippen LogP contribution in [-0.2, 0) is 0 Å². The van der Waals surface area contributed by atoms with Gasteiger partial charge in [-0.3, -0.25) is 0 Å². The van der Waals surface area contributed by atoms with Crippen LogP contribution < -0.4 is 5.32 Å². The maximum atomic E-state index is 3.62. The van der Waals surface area contributed by atoms with E-state index in [9.17, 15) is 0 Å². The molecule has 1 unspecified atom stereocenters. The lowest BCUT2D eigenvalue weighted by atomic mass is 9.90. The van der Waals surface area contributed by atoms with Crippen LogP contribution in [-0.4, -0.2) is 12.6 Å². The van der Waals surface area contributed by atoms with Gasteiger partial charge in [0.05, 0.1) is 0 Å². The van der Waals surface area contributed by atoms with Gasteiger partial charge in [0.2, 0.25) is 0 Å². The predicted molar refractivity (Wildman–Crippen MR) is 70.1 cm³/mol. The number of benzene rings is 1. The Hall–Kier alpha value is -0.820. The number of hydrogen-bond donors (Lipinski definition) is 1. The zero-order chi connectivity index (χ0) is 11.7. The van der Waals surface area contributed by atoms with Crippen molar-refractivity contribution >= 4 is 0 Å². The lowest BCUT2D eigenvalue weighted by Gasteiger charge is -2.19. The Morgan fingerprint density at radius 2 is 1.75 bits per heavy atom. The van der Waals surface area contributed by atoms with Crippen LogP contribution >= 0.6 is 0 Å². The number of hydrogen-bond acceptors (Lipinski definition) is 1. The molecule has 1 fully saturated rings. The smallest absolute Gasteiger partial charge is 0.00684 e. The van der Waals surface area contributed by atoms with E-state index < -0.39 is 0 Å². The van der Waals surface area contributed by atoms with E-state index >= 15 is 0 Å². The molecule has 1 aromatic rings. The molecule has 0 spiro atoms. The Bertz CT molecular complexity index is 354. The minimum atomic E-state index is 0.626. The summed E-state index contributed by atoms with van der Waals surface area (Å²) in [5, 5.41) is 3.62. The normalized spacial score (nSPS) is 17.5. The molecule has 0 aliphatic heterocycles. The van der Waals surface area contributed by atoms with Gasteiger partial charge in [0.25, 0.3) is 0 Å². The van der Waals surface area contributed by atoms with Crippen LogP contribution in [0.15, 0.2) is 12.1 Å². The van der Waals surface area contributed by atoms with Gasteiger partial charge in [-0.2, -0.15) is 0 Å². The predicted octanol–water partition coefficient (Wildman–Crippen LogP) is 3.47. The van der Waals surface area contributed by atoms with Gasteiger partial charge in [-0.05, 0) is 56.2 Å². The van der Waals surface area contributed by atoms with Gasteiger partial charge in [-0.1, -0.05) is 24.6 Å². The van der Waals surface area contributed by atoms with Crippen LogP contribution in [0.3, 0.4) is 0 Å². The Morgan fingerprint density at radius 1 is 1.19 bits per heavy atom. The van der Waals surface area contributed by atoms with E-state index in [0.717, 1.165) is 12.6 Å². The van der Waals surface area contributed by atoms with Crippen LogP contribution in [0.25, 0.3) is 0 Å². The first kappa shape index (κ1) is 11.7. The highest BCUT2D eigenvalue weighted by atomic mass is 14.9. The highest BCUT2D eigenvalue weighted by molar-refractivity contribution is 5.39. The number of nitrogens with one attached hydrogen (secondary N) is 1. The van der Waals surface area contributed by atoms with Crippen molar-refractivity contribution in [2.75, 3.05) is 6.54 Å². The van der Waals surface area contributed by atoms with Crippen molar-refractivity contribution in [2.24, 2.45) is 0 Å². The summed E-state index contributed by atoms with van der Waals surface area (Å²) in [5.41, 5.74) is 5.81. The van der Waals surface area contributed by atoms with E-state index in [1.165, 1.54) is 29.5 Å². The molecule has 0 amide bonds. The second kappa shape index (κ2) is 4.58. The van der Waals surface area contributed by atoms with E-state index in [1.54, 1.807) is 5.56 Å². The third kappa shape index (κ3) is 2.65. The summed E-state index contributed by atoms with van der Waals surface area (Å²) in [4.78, 5) is 0. The summed E-state index contributed by atoms with van der Waals surface area (Å²) in [5.74, 6) is 0.626. The number of aryl methyl sites for hydroxylation is 3. The maximum Gasteiger partial charge on any atom is 0.00684 e. The summed E-state index contributed by atoms with van der Waals surface area (Å²) in [6.07, 6.45) is 2.75. The molecule has 0 bridgehead atoms. The fourth-order valence-corrected chi connectivity index (χ4v) is 2.70. The van der Waals surface area contributed by atoms with Crippen molar-refractivity contribution in [3.05, 3.63) is 34.4 Å². The largest absolute Gasteiger partial charge is 0.313 e. The number of rotatable bonds is 4. The van der Waals surface area contributed by atoms with Crippen molar-refractivity contribution in [3.8, 4) is 0 Å². The Balaban J connectivity index is 2.11. The Labute approximate surface area is 99.3 Å². The van der Waals surface area contributed by atoms with Crippen molar-refractivity contribution in [1.29, 1.82) is 0 Å². The van der Waals surface area contributed by atoms with Crippen LogP contribution in [0.4, 0.5) is 0 Å². The molecule has 0 radical (unpaired) electrons. The zero-order valence-corrected chi connectivity index (χ0v) is 10.9. The van der Waals surface area contributed by atoms with Crippen molar-refractivity contribution in [1.82, 2.24) is 5.32 Å². The maximum absolute atomic E-state index is 3.62. The lowest BCUT2D eigenvalue weighted by molar-refractivity contribution is 0.608. The van der Waals surface area contributed by atoms with Crippen molar-refractivity contribution in [3.63, 3.8) is 0 Å². The molecule has 2 rings (SSSR count). The molecule has 1 nitrogen and oxygen atoms in total. The first-order valence-electron chi connectivity index (χ1n) is 6.39. The quantitative estimate of drug-likeness (QED) is 0.814. The summed E-state index contributed by atoms with van der Waals surface area (Å²) >= 11 is 0. The van der Waals surface area contributed by atoms with E-state index in [2.05, 4.69) is 45.1 Å². The van der Waals surface area contributed by atoms with Gasteiger partial charge < -0.3 is 5.32 Å². The molecule has 1 heteroatoms. The van der Waals surface area contributed by atoms with E-state index in [-0.39, 0.29) is 0 Å². The third-order valence-electron chi connectivity index (χ3n) is 3.52. The minimum Gasteiger partial charge on any atom is -0.313 e.